The fourth-order valence-corrected chi connectivity index (χ4v) is 2.98. The number of carbonyl (C=O) groups is 1. The Hall–Kier alpha value is -2.97. The predicted octanol–water partition coefficient (Wildman–Crippen LogP) is 5.25. The quantitative estimate of drug-likeness (QED) is 0.416. The van der Waals surface area contributed by atoms with Crippen LogP contribution in [-0.2, 0) is 4.79 Å². The fourth-order valence-electron chi connectivity index (χ4n) is 2.98. The number of ether oxygens (including phenoxy) is 2. The van der Waals surface area contributed by atoms with Crippen LogP contribution in [0.4, 0.5) is 17.6 Å². The van der Waals surface area contributed by atoms with Crippen LogP contribution in [0.3, 0.4) is 0 Å². The summed E-state index contributed by atoms with van der Waals surface area (Å²) < 4.78 is 64.0. The van der Waals surface area contributed by atoms with E-state index in [0.29, 0.717) is 5.76 Å². The number of hydrogen-bond acceptors (Lipinski definition) is 4. The summed E-state index contributed by atoms with van der Waals surface area (Å²) in [6, 6.07) is 6.64. The maximum Gasteiger partial charge on any atom is 0.387 e. The average molecular weight is 413 g/mol. The molecule has 1 fully saturated rings. The molecule has 29 heavy (non-hydrogen) atoms. The van der Waals surface area contributed by atoms with Crippen molar-refractivity contribution in [3.05, 3.63) is 54.0 Å². The van der Waals surface area contributed by atoms with E-state index in [-0.39, 0.29) is 35.1 Å². The number of nitrogens with zero attached hydrogens (tertiary/aromatic N) is 1. The third-order valence-corrected chi connectivity index (χ3v) is 4.40. The van der Waals surface area contributed by atoms with E-state index in [1.807, 2.05) is 6.92 Å². The van der Waals surface area contributed by atoms with Gasteiger partial charge in [0.1, 0.15) is 17.3 Å². The zero-order chi connectivity index (χ0) is 21.0. The van der Waals surface area contributed by atoms with Crippen LogP contribution in [0, 0.1) is 0 Å². The van der Waals surface area contributed by atoms with Crippen LogP contribution in [-0.4, -0.2) is 30.1 Å². The van der Waals surface area contributed by atoms with Gasteiger partial charge in [0.2, 0.25) is 5.91 Å². The maximum absolute atomic E-state index is 12.8. The van der Waals surface area contributed by atoms with E-state index in [0.717, 1.165) is 18.9 Å². The highest BCUT2D eigenvalue weighted by atomic mass is 19.3. The summed E-state index contributed by atoms with van der Waals surface area (Å²) in [5.74, 6) is -0.398. The first-order valence-corrected chi connectivity index (χ1v) is 8.92. The Morgan fingerprint density at radius 1 is 1.17 bits per heavy atom. The summed E-state index contributed by atoms with van der Waals surface area (Å²) in [4.78, 5) is 14.4. The molecule has 0 N–H and O–H groups in total. The highest BCUT2D eigenvalue weighted by Crippen LogP contribution is 2.35. The molecule has 1 amide bonds. The number of alkyl halides is 4. The Labute approximate surface area is 164 Å². The molecule has 9 heteroatoms. The molecule has 1 aliphatic rings. The molecule has 5 nitrogen and oxygen atoms in total. The lowest BCUT2D eigenvalue weighted by Crippen LogP contribution is -2.34. The molecule has 0 radical (unpaired) electrons. The van der Waals surface area contributed by atoms with Gasteiger partial charge in [-0.1, -0.05) is 0 Å². The van der Waals surface area contributed by atoms with Crippen molar-refractivity contribution < 1.29 is 36.2 Å². The van der Waals surface area contributed by atoms with Gasteiger partial charge in [-0.3, -0.25) is 4.79 Å². The second-order valence-corrected chi connectivity index (χ2v) is 6.46. The molecular weight excluding hydrogens is 394 g/mol. The molecule has 156 valence electrons. The van der Waals surface area contributed by atoms with Crippen LogP contribution >= 0.6 is 0 Å². The molecule has 1 atom stereocenters. The smallest absolute Gasteiger partial charge is 0.387 e. The van der Waals surface area contributed by atoms with Crippen molar-refractivity contribution in [3.8, 4) is 11.5 Å². The van der Waals surface area contributed by atoms with Crippen LogP contribution in [0.15, 0.2) is 47.1 Å². The molecule has 1 aliphatic carbocycles. The molecule has 0 aliphatic heterocycles. The molecule has 0 bridgehead atoms. The highest BCUT2D eigenvalue weighted by molar-refractivity contribution is 5.93. The molecule has 1 unspecified atom stereocenters. The minimum Gasteiger partial charge on any atom is -0.467 e. The first-order chi connectivity index (χ1) is 13.8. The molecule has 3 rings (SSSR count). The Morgan fingerprint density at radius 2 is 1.90 bits per heavy atom. The molecule has 2 aromatic rings. The van der Waals surface area contributed by atoms with Crippen LogP contribution in [0.2, 0.25) is 0 Å². The minimum atomic E-state index is -3.17. The van der Waals surface area contributed by atoms with Crippen molar-refractivity contribution in [3.63, 3.8) is 0 Å². The van der Waals surface area contributed by atoms with Crippen LogP contribution in [0.1, 0.15) is 37.1 Å². The minimum absolute atomic E-state index is 0.0749. The number of halogens is 4. The van der Waals surface area contributed by atoms with Crippen molar-refractivity contribution in [1.82, 2.24) is 4.90 Å². The van der Waals surface area contributed by atoms with Gasteiger partial charge in [-0.15, -0.1) is 0 Å². The van der Waals surface area contributed by atoms with E-state index in [2.05, 4.69) is 9.47 Å². The lowest BCUT2D eigenvalue weighted by atomic mass is 10.1. The monoisotopic (exact) mass is 413 g/mol. The average Bonchev–Trinajstić information content (AvgIpc) is 3.31. The molecule has 1 saturated carbocycles. The summed E-state index contributed by atoms with van der Waals surface area (Å²) in [7, 11) is 0. The summed E-state index contributed by atoms with van der Waals surface area (Å²) in [5.41, 5.74) is 0.127. The first kappa shape index (κ1) is 20.8. The standard InChI is InChI=1S/C20H19F4NO4/c1-12(16-3-2-10-27-16)25(14-6-7-14)18(26)9-5-13-4-8-15(28-19(21)22)11-17(13)29-20(23)24/h2-5,8-12,14,19-20H,6-7H2,1H3. The van der Waals surface area contributed by atoms with E-state index in [9.17, 15) is 22.4 Å². The van der Waals surface area contributed by atoms with Crippen molar-refractivity contribution in [2.45, 2.75) is 45.1 Å². The lowest BCUT2D eigenvalue weighted by molar-refractivity contribution is -0.129. The molecule has 0 spiro atoms. The third kappa shape index (κ3) is 5.52. The number of rotatable bonds is 9. The van der Waals surface area contributed by atoms with Gasteiger partial charge >= 0.3 is 13.2 Å². The zero-order valence-electron chi connectivity index (χ0n) is 15.4. The summed E-state index contributed by atoms with van der Waals surface area (Å²) in [6.07, 6.45) is 5.79. The van der Waals surface area contributed by atoms with Crippen LogP contribution in [0.25, 0.3) is 6.08 Å². The molecule has 0 saturated heterocycles. The number of carbonyl (C=O) groups excluding carboxylic acids is 1. The fraction of sp³-hybridized carbons (Fsp3) is 0.350. The van der Waals surface area contributed by atoms with E-state index in [4.69, 9.17) is 4.42 Å². The Balaban J connectivity index is 1.80. The van der Waals surface area contributed by atoms with E-state index in [1.165, 1.54) is 30.5 Å². The number of hydrogen-bond donors (Lipinski definition) is 0. The molecule has 1 aromatic carbocycles. The van der Waals surface area contributed by atoms with Crippen molar-refractivity contribution >= 4 is 12.0 Å². The van der Waals surface area contributed by atoms with Gasteiger partial charge in [-0.2, -0.15) is 17.6 Å². The van der Waals surface area contributed by atoms with E-state index >= 15 is 0 Å². The van der Waals surface area contributed by atoms with Crippen LogP contribution < -0.4 is 9.47 Å². The second-order valence-electron chi connectivity index (χ2n) is 6.46. The van der Waals surface area contributed by atoms with E-state index in [1.54, 1.807) is 17.0 Å². The summed E-state index contributed by atoms with van der Waals surface area (Å²) in [6.45, 7) is -4.43. The highest BCUT2D eigenvalue weighted by Gasteiger charge is 2.36. The van der Waals surface area contributed by atoms with Gasteiger partial charge in [0.15, 0.2) is 0 Å². The van der Waals surface area contributed by atoms with Gasteiger partial charge in [0.25, 0.3) is 0 Å². The zero-order valence-corrected chi connectivity index (χ0v) is 15.4. The lowest BCUT2D eigenvalue weighted by Gasteiger charge is -2.26. The Bertz CT molecular complexity index is 850. The number of amides is 1. The normalized spacial score (nSPS) is 15.1. The van der Waals surface area contributed by atoms with Crippen molar-refractivity contribution in [1.29, 1.82) is 0 Å². The number of furan rings is 1. The van der Waals surface area contributed by atoms with Crippen LogP contribution in [0.5, 0.6) is 11.5 Å². The molecule has 1 aromatic heterocycles. The van der Waals surface area contributed by atoms with Crippen molar-refractivity contribution in [2.75, 3.05) is 0 Å². The second kappa shape index (κ2) is 9.02. The third-order valence-electron chi connectivity index (χ3n) is 4.40. The SMILES string of the molecule is CC(c1ccco1)N(C(=O)C=Cc1ccc(OC(F)F)cc1OC(F)F)C1CC1. The van der Waals surface area contributed by atoms with Gasteiger partial charge in [0, 0.05) is 23.7 Å². The van der Waals surface area contributed by atoms with Gasteiger partial charge in [-0.05, 0) is 50.1 Å². The topological polar surface area (TPSA) is 51.9 Å². The predicted molar refractivity (Wildman–Crippen MR) is 95.7 cm³/mol. The summed E-state index contributed by atoms with van der Waals surface area (Å²) >= 11 is 0. The molecule has 1 heterocycles. The Kier molecular flexibility index (Phi) is 6.46. The number of benzene rings is 1. The Morgan fingerprint density at radius 3 is 2.48 bits per heavy atom. The largest absolute Gasteiger partial charge is 0.467 e. The molecular formula is C20H19F4NO4. The van der Waals surface area contributed by atoms with E-state index < -0.39 is 13.2 Å². The van der Waals surface area contributed by atoms with Gasteiger partial charge in [0.05, 0.1) is 12.3 Å². The van der Waals surface area contributed by atoms with Crippen molar-refractivity contribution in [2.24, 2.45) is 0 Å². The summed E-state index contributed by atoms with van der Waals surface area (Å²) in [5, 5.41) is 0. The van der Waals surface area contributed by atoms with Gasteiger partial charge in [-0.25, -0.2) is 0 Å². The van der Waals surface area contributed by atoms with Gasteiger partial charge < -0.3 is 18.8 Å². The first-order valence-electron chi connectivity index (χ1n) is 8.92. The maximum atomic E-state index is 12.8.